The zero-order chi connectivity index (χ0) is 15.8. The molecule has 0 atom stereocenters. The number of likely N-dealkylation sites (N-methyl/N-ethyl adjacent to an activating group) is 1. The Bertz CT molecular complexity index is 549. The van der Waals surface area contributed by atoms with E-state index in [1.807, 2.05) is 24.3 Å². The quantitative estimate of drug-likeness (QED) is 0.740. The minimum atomic E-state index is 0.907. The van der Waals surface area contributed by atoms with E-state index >= 15 is 0 Å². The van der Waals surface area contributed by atoms with Crippen molar-refractivity contribution < 1.29 is 9.47 Å². The van der Waals surface area contributed by atoms with Gasteiger partial charge in [-0.15, -0.1) is 0 Å². The van der Waals surface area contributed by atoms with Crippen molar-refractivity contribution in [2.45, 2.75) is 19.9 Å². The van der Waals surface area contributed by atoms with Crippen LogP contribution in [-0.2, 0) is 13.0 Å². The molecule has 0 aliphatic rings. The topological polar surface area (TPSA) is 21.7 Å². The average Bonchev–Trinajstić information content (AvgIpc) is 2.59. The summed E-state index contributed by atoms with van der Waals surface area (Å²) in [6.07, 6.45) is 1.05. The molecule has 0 amide bonds. The first-order chi connectivity index (χ1) is 10.7. The second-order valence-corrected chi connectivity index (χ2v) is 5.31. The molecule has 2 aromatic rings. The van der Waals surface area contributed by atoms with Crippen molar-refractivity contribution in [2.24, 2.45) is 0 Å². The summed E-state index contributed by atoms with van der Waals surface area (Å²) in [5.41, 5.74) is 2.66. The predicted octanol–water partition coefficient (Wildman–Crippen LogP) is 3.77. The van der Waals surface area contributed by atoms with Crippen LogP contribution in [0.3, 0.4) is 0 Å². The lowest BCUT2D eigenvalue weighted by Gasteiger charge is -2.20. The Kier molecular flexibility index (Phi) is 6.28. The lowest BCUT2D eigenvalue weighted by molar-refractivity contribution is 0.283. The highest BCUT2D eigenvalue weighted by Crippen LogP contribution is 2.14. The molecule has 0 N–H and O–H groups in total. The molecular weight excluding hydrogens is 274 g/mol. The SMILES string of the molecule is CCN(CCc1ccc(OC)cc1)Cc1ccc(OC)cc1. The van der Waals surface area contributed by atoms with Crippen LogP contribution in [-0.4, -0.2) is 32.2 Å². The van der Waals surface area contributed by atoms with Gasteiger partial charge in [0.25, 0.3) is 0 Å². The third-order valence-corrected chi connectivity index (χ3v) is 3.89. The summed E-state index contributed by atoms with van der Waals surface area (Å²) in [6.45, 7) is 5.27. The Morgan fingerprint density at radius 2 is 1.27 bits per heavy atom. The van der Waals surface area contributed by atoms with Crippen molar-refractivity contribution in [3.63, 3.8) is 0 Å². The van der Waals surface area contributed by atoms with Gasteiger partial charge in [0.15, 0.2) is 0 Å². The Morgan fingerprint density at radius 1 is 0.773 bits per heavy atom. The van der Waals surface area contributed by atoms with E-state index in [1.165, 1.54) is 11.1 Å². The fraction of sp³-hybridized carbons (Fsp3) is 0.368. The van der Waals surface area contributed by atoms with Crippen molar-refractivity contribution in [1.29, 1.82) is 0 Å². The van der Waals surface area contributed by atoms with Crippen molar-refractivity contribution in [3.8, 4) is 11.5 Å². The number of hydrogen-bond acceptors (Lipinski definition) is 3. The number of benzene rings is 2. The molecule has 0 unspecified atom stereocenters. The van der Waals surface area contributed by atoms with Gasteiger partial charge in [-0.05, 0) is 48.4 Å². The van der Waals surface area contributed by atoms with Gasteiger partial charge in [0.1, 0.15) is 11.5 Å². The second kappa shape index (κ2) is 8.44. The van der Waals surface area contributed by atoms with E-state index < -0.39 is 0 Å². The predicted molar refractivity (Wildman–Crippen MR) is 90.6 cm³/mol. The van der Waals surface area contributed by atoms with Crippen LogP contribution >= 0.6 is 0 Å². The van der Waals surface area contributed by atoms with Crippen LogP contribution in [0, 0.1) is 0 Å². The molecule has 0 saturated carbocycles. The highest BCUT2D eigenvalue weighted by atomic mass is 16.5. The molecule has 0 aliphatic carbocycles. The monoisotopic (exact) mass is 299 g/mol. The van der Waals surface area contributed by atoms with E-state index in [2.05, 4.69) is 36.1 Å². The molecule has 0 saturated heterocycles. The third kappa shape index (κ3) is 4.78. The summed E-state index contributed by atoms with van der Waals surface area (Å²) in [4.78, 5) is 2.45. The van der Waals surface area contributed by atoms with Gasteiger partial charge in [-0.25, -0.2) is 0 Å². The van der Waals surface area contributed by atoms with Crippen molar-refractivity contribution in [1.82, 2.24) is 4.90 Å². The van der Waals surface area contributed by atoms with Gasteiger partial charge >= 0.3 is 0 Å². The van der Waals surface area contributed by atoms with Crippen LogP contribution in [0.25, 0.3) is 0 Å². The zero-order valence-electron chi connectivity index (χ0n) is 13.7. The number of rotatable bonds is 8. The molecule has 0 aromatic heterocycles. The van der Waals surface area contributed by atoms with Crippen molar-refractivity contribution in [2.75, 3.05) is 27.3 Å². The first kappa shape index (κ1) is 16.4. The van der Waals surface area contributed by atoms with Crippen molar-refractivity contribution in [3.05, 3.63) is 59.7 Å². The number of nitrogens with zero attached hydrogens (tertiary/aromatic N) is 1. The molecule has 22 heavy (non-hydrogen) atoms. The van der Waals surface area contributed by atoms with E-state index in [4.69, 9.17) is 9.47 Å². The molecule has 3 heteroatoms. The molecule has 3 nitrogen and oxygen atoms in total. The second-order valence-electron chi connectivity index (χ2n) is 5.31. The van der Waals surface area contributed by atoms with Gasteiger partial charge in [0.05, 0.1) is 14.2 Å². The van der Waals surface area contributed by atoms with Crippen LogP contribution in [0.2, 0.25) is 0 Å². The van der Waals surface area contributed by atoms with E-state index in [1.54, 1.807) is 14.2 Å². The van der Waals surface area contributed by atoms with Gasteiger partial charge < -0.3 is 9.47 Å². The molecule has 2 aromatic carbocycles. The molecule has 118 valence electrons. The largest absolute Gasteiger partial charge is 0.497 e. The summed E-state index contributed by atoms with van der Waals surface area (Å²) < 4.78 is 10.4. The maximum Gasteiger partial charge on any atom is 0.118 e. The Labute approximate surface area is 133 Å². The molecular formula is C19H25NO2. The molecule has 0 aliphatic heterocycles. The third-order valence-electron chi connectivity index (χ3n) is 3.89. The van der Waals surface area contributed by atoms with Crippen LogP contribution in [0.15, 0.2) is 48.5 Å². The fourth-order valence-corrected chi connectivity index (χ4v) is 2.42. The molecule has 0 bridgehead atoms. The van der Waals surface area contributed by atoms with Crippen LogP contribution in [0.1, 0.15) is 18.1 Å². The highest BCUT2D eigenvalue weighted by Gasteiger charge is 2.05. The maximum absolute atomic E-state index is 5.20. The standard InChI is InChI=1S/C19H25NO2/c1-4-20(15-17-7-11-19(22-3)12-8-17)14-13-16-5-9-18(21-2)10-6-16/h5-12H,4,13-15H2,1-3H3. The fourth-order valence-electron chi connectivity index (χ4n) is 2.42. The molecule has 0 fully saturated rings. The van der Waals surface area contributed by atoms with Crippen molar-refractivity contribution >= 4 is 0 Å². The van der Waals surface area contributed by atoms with Gasteiger partial charge in [-0.2, -0.15) is 0 Å². The van der Waals surface area contributed by atoms with Gasteiger partial charge in [-0.3, -0.25) is 4.90 Å². The minimum Gasteiger partial charge on any atom is -0.497 e. The van der Waals surface area contributed by atoms with E-state index in [0.717, 1.165) is 37.6 Å². The number of hydrogen-bond donors (Lipinski definition) is 0. The molecule has 0 heterocycles. The first-order valence-corrected chi connectivity index (χ1v) is 7.73. The molecule has 2 rings (SSSR count). The van der Waals surface area contributed by atoms with Crippen LogP contribution in [0.4, 0.5) is 0 Å². The lowest BCUT2D eigenvalue weighted by Crippen LogP contribution is -2.25. The van der Waals surface area contributed by atoms with Gasteiger partial charge in [0, 0.05) is 13.1 Å². The Balaban J connectivity index is 1.87. The maximum atomic E-state index is 5.20. The molecule has 0 spiro atoms. The Hall–Kier alpha value is -2.00. The summed E-state index contributed by atoms with van der Waals surface area (Å²) in [6, 6.07) is 16.6. The highest BCUT2D eigenvalue weighted by molar-refractivity contribution is 5.28. The molecule has 0 radical (unpaired) electrons. The average molecular weight is 299 g/mol. The first-order valence-electron chi connectivity index (χ1n) is 7.73. The summed E-state index contributed by atoms with van der Waals surface area (Å²) in [7, 11) is 3.39. The van der Waals surface area contributed by atoms with E-state index in [-0.39, 0.29) is 0 Å². The smallest absolute Gasteiger partial charge is 0.118 e. The minimum absolute atomic E-state index is 0.907. The number of methoxy groups -OCH3 is 2. The summed E-state index contributed by atoms with van der Waals surface area (Å²) in [5, 5.41) is 0. The number of ether oxygens (including phenoxy) is 2. The zero-order valence-corrected chi connectivity index (χ0v) is 13.7. The van der Waals surface area contributed by atoms with Gasteiger partial charge in [-0.1, -0.05) is 31.2 Å². The van der Waals surface area contributed by atoms with Gasteiger partial charge in [0.2, 0.25) is 0 Å². The Morgan fingerprint density at radius 3 is 1.73 bits per heavy atom. The summed E-state index contributed by atoms with van der Waals surface area (Å²) in [5.74, 6) is 1.82. The van der Waals surface area contributed by atoms with E-state index in [0.29, 0.717) is 0 Å². The normalized spacial score (nSPS) is 10.7. The summed E-state index contributed by atoms with van der Waals surface area (Å²) >= 11 is 0. The van der Waals surface area contributed by atoms with Crippen LogP contribution < -0.4 is 9.47 Å². The lowest BCUT2D eigenvalue weighted by atomic mass is 10.1. The van der Waals surface area contributed by atoms with E-state index in [9.17, 15) is 0 Å². The van der Waals surface area contributed by atoms with Crippen LogP contribution in [0.5, 0.6) is 11.5 Å².